The van der Waals surface area contributed by atoms with E-state index in [1.54, 1.807) is 19.2 Å². The lowest BCUT2D eigenvalue weighted by Crippen LogP contribution is -2.37. The first-order valence-corrected chi connectivity index (χ1v) is 8.82. The minimum atomic E-state index is -3.48. The van der Waals surface area contributed by atoms with Gasteiger partial charge in [0.05, 0.1) is 11.5 Å². The summed E-state index contributed by atoms with van der Waals surface area (Å²) in [5, 5.41) is 3.24. The lowest BCUT2D eigenvalue weighted by atomic mass is 10.1. The standard InChI is InChI=1S/C15H26N2O3S/c1-4-14(12-20-3)17-21(18,19)15-8-6-13(7-9-15)10-11-16-5-2/h6-9,14,16-17H,4-5,10-12H2,1-3H3. The Morgan fingerprint density at radius 1 is 1.19 bits per heavy atom. The van der Waals surface area contributed by atoms with Gasteiger partial charge in [-0.05, 0) is 43.6 Å². The van der Waals surface area contributed by atoms with E-state index in [4.69, 9.17) is 4.74 Å². The number of nitrogens with one attached hydrogen (secondary N) is 2. The van der Waals surface area contributed by atoms with Crippen molar-refractivity contribution in [2.75, 3.05) is 26.8 Å². The van der Waals surface area contributed by atoms with Crippen LogP contribution in [0.3, 0.4) is 0 Å². The highest BCUT2D eigenvalue weighted by atomic mass is 32.2. The van der Waals surface area contributed by atoms with Crippen molar-refractivity contribution in [1.29, 1.82) is 0 Å². The van der Waals surface area contributed by atoms with E-state index in [9.17, 15) is 8.42 Å². The second-order valence-corrected chi connectivity index (χ2v) is 6.64. The fourth-order valence-corrected chi connectivity index (χ4v) is 3.27. The molecule has 0 bridgehead atoms. The van der Waals surface area contributed by atoms with Crippen LogP contribution in [0, 0.1) is 0 Å². The molecule has 0 radical (unpaired) electrons. The Kier molecular flexibility index (Phi) is 7.88. The van der Waals surface area contributed by atoms with Gasteiger partial charge < -0.3 is 10.1 Å². The molecule has 0 spiro atoms. The molecule has 1 aromatic rings. The molecule has 6 heteroatoms. The van der Waals surface area contributed by atoms with Gasteiger partial charge >= 0.3 is 0 Å². The molecule has 0 fully saturated rings. The van der Waals surface area contributed by atoms with E-state index in [1.165, 1.54) is 0 Å². The molecule has 0 saturated carbocycles. The highest BCUT2D eigenvalue weighted by Gasteiger charge is 2.18. The number of rotatable bonds is 10. The molecule has 2 N–H and O–H groups in total. The molecule has 0 aliphatic carbocycles. The number of benzene rings is 1. The zero-order chi connectivity index (χ0) is 15.7. The second-order valence-electron chi connectivity index (χ2n) is 4.93. The van der Waals surface area contributed by atoms with Crippen LogP contribution in [0.4, 0.5) is 0 Å². The van der Waals surface area contributed by atoms with E-state index >= 15 is 0 Å². The van der Waals surface area contributed by atoms with Gasteiger partial charge in [-0.25, -0.2) is 13.1 Å². The molecule has 1 unspecified atom stereocenters. The molecular weight excluding hydrogens is 288 g/mol. The third-order valence-corrected chi connectivity index (χ3v) is 4.79. The zero-order valence-electron chi connectivity index (χ0n) is 13.1. The minimum absolute atomic E-state index is 0.201. The molecule has 0 aliphatic rings. The summed E-state index contributed by atoms with van der Waals surface area (Å²) in [4.78, 5) is 0.296. The average molecular weight is 314 g/mol. The minimum Gasteiger partial charge on any atom is -0.383 e. The summed E-state index contributed by atoms with van der Waals surface area (Å²) in [6.45, 7) is 6.19. The van der Waals surface area contributed by atoms with E-state index < -0.39 is 10.0 Å². The lowest BCUT2D eigenvalue weighted by molar-refractivity contribution is 0.173. The van der Waals surface area contributed by atoms with Crippen LogP contribution in [-0.2, 0) is 21.2 Å². The smallest absolute Gasteiger partial charge is 0.240 e. The van der Waals surface area contributed by atoms with Gasteiger partial charge in [0.1, 0.15) is 0 Å². The Bertz CT molecular complexity index is 500. The molecular formula is C15H26N2O3S. The van der Waals surface area contributed by atoms with Crippen LogP contribution in [0.2, 0.25) is 0 Å². The summed E-state index contributed by atoms with van der Waals surface area (Å²) in [5.74, 6) is 0. The predicted octanol–water partition coefficient (Wildman–Crippen LogP) is 1.54. The fraction of sp³-hybridized carbons (Fsp3) is 0.600. The van der Waals surface area contributed by atoms with Crippen molar-refractivity contribution < 1.29 is 13.2 Å². The van der Waals surface area contributed by atoms with Crippen molar-refractivity contribution in [3.8, 4) is 0 Å². The number of methoxy groups -OCH3 is 1. The van der Waals surface area contributed by atoms with E-state index in [2.05, 4.69) is 17.0 Å². The molecule has 1 aromatic carbocycles. The van der Waals surface area contributed by atoms with Crippen molar-refractivity contribution in [3.05, 3.63) is 29.8 Å². The first kappa shape index (κ1) is 18.1. The maximum Gasteiger partial charge on any atom is 0.240 e. The van der Waals surface area contributed by atoms with Crippen molar-refractivity contribution in [3.63, 3.8) is 0 Å². The molecule has 0 aromatic heterocycles. The number of hydrogen-bond donors (Lipinski definition) is 2. The van der Waals surface area contributed by atoms with Crippen molar-refractivity contribution in [2.45, 2.75) is 37.6 Å². The van der Waals surface area contributed by atoms with Gasteiger partial charge in [-0.3, -0.25) is 0 Å². The van der Waals surface area contributed by atoms with Crippen LogP contribution in [-0.4, -0.2) is 41.3 Å². The molecule has 0 saturated heterocycles. The SMILES string of the molecule is CCNCCc1ccc(S(=O)(=O)NC(CC)COC)cc1. The van der Waals surface area contributed by atoms with Crippen molar-refractivity contribution >= 4 is 10.0 Å². The molecule has 1 atom stereocenters. The highest BCUT2D eigenvalue weighted by molar-refractivity contribution is 7.89. The number of hydrogen-bond acceptors (Lipinski definition) is 4. The van der Waals surface area contributed by atoms with E-state index in [1.807, 2.05) is 19.1 Å². The highest BCUT2D eigenvalue weighted by Crippen LogP contribution is 2.12. The Morgan fingerprint density at radius 2 is 1.86 bits per heavy atom. The Balaban J connectivity index is 2.70. The summed E-state index contributed by atoms with van der Waals surface area (Å²) >= 11 is 0. The quantitative estimate of drug-likeness (QED) is 0.643. The van der Waals surface area contributed by atoms with Crippen LogP contribution in [0.15, 0.2) is 29.2 Å². The van der Waals surface area contributed by atoms with E-state index in [-0.39, 0.29) is 6.04 Å². The van der Waals surface area contributed by atoms with Gasteiger partial charge in [0.2, 0.25) is 10.0 Å². The molecule has 1 rings (SSSR count). The Morgan fingerprint density at radius 3 is 2.38 bits per heavy atom. The Labute approximate surface area is 128 Å². The molecule has 21 heavy (non-hydrogen) atoms. The van der Waals surface area contributed by atoms with Gasteiger partial charge in [0.15, 0.2) is 0 Å². The third kappa shape index (κ3) is 6.13. The van der Waals surface area contributed by atoms with Crippen LogP contribution in [0.25, 0.3) is 0 Å². The van der Waals surface area contributed by atoms with E-state index in [0.717, 1.165) is 25.1 Å². The maximum atomic E-state index is 12.3. The number of ether oxygens (including phenoxy) is 1. The first-order chi connectivity index (χ1) is 10.0. The van der Waals surface area contributed by atoms with Gasteiger partial charge in [-0.1, -0.05) is 26.0 Å². The predicted molar refractivity (Wildman–Crippen MR) is 85.0 cm³/mol. The summed E-state index contributed by atoms with van der Waals surface area (Å²) in [6, 6.07) is 6.84. The lowest BCUT2D eigenvalue weighted by Gasteiger charge is -2.16. The third-order valence-electron chi connectivity index (χ3n) is 3.26. The summed E-state index contributed by atoms with van der Waals surface area (Å²) in [5.41, 5.74) is 1.12. The molecule has 5 nitrogen and oxygen atoms in total. The van der Waals surface area contributed by atoms with Crippen LogP contribution >= 0.6 is 0 Å². The van der Waals surface area contributed by atoms with Crippen LogP contribution in [0.1, 0.15) is 25.8 Å². The van der Waals surface area contributed by atoms with Crippen LogP contribution < -0.4 is 10.0 Å². The van der Waals surface area contributed by atoms with Crippen molar-refractivity contribution in [1.82, 2.24) is 10.0 Å². The monoisotopic (exact) mass is 314 g/mol. The molecule has 120 valence electrons. The topological polar surface area (TPSA) is 67.4 Å². The second kappa shape index (κ2) is 9.15. The average Bonchev–Trinajstić information content (AvgIpc) is 2.47. The maximum absolute atomic E-state index is 12.3. The van der Waals surface area contributed by atoms with Gasteiger partial charge in [0, 0.05) is 13.2 Å². The number of likely N-dealkylation sites (N-methyl/N-ethyl adjacent to an activating group) is 1. The summed E-state index contributed by atoms with van der Waals surface area (Å²) < 4.78 is 32.2. The molecule has 0 aliphatic heterocycles. The zero-order valence-corrected chi connectivity index (χ0v) is 13.9. The summed E-state index contributed by atoms with van der Waals surface area (Å²) in [6.07, 6.45) is 1.58. The first-order valence-electron chi connectivity index (χ1n) is 7.34. The van der Waals surface area contributed by atoms with Gasteiger partial charge in [-0.2, -0.15) is 0 Å². The van der Waals surface area contributed by atoms with E-state index in [0.29, 0.717) is 17.9 Å². The van der Waals surface area contributed by atoms with Crippen molar-refractivity contribution in [2.24, 2.45) is 0 Å². The van der Waals surface area contributed by atoms with Gasteiger partial charge in [0.25, 0.3) is 0 Å². The van der Waals surface area contributed by atoms with Crippen LogP contribution in [0.5, 0.6) is 0 Å². The van der Waals surface area contributed by atoms with Gasteiger partial charge in [-0.15, -0.1) is 0 Å². The Hall–Kier alpha value is -0.950. The normalized spacial score (nSPS) is 13.3. The number of sulfonamides is 1. The summed E-state index contributed by atoms with van der Waals surface area (Å²) in [7, 11) is -1.92. The fourth-order valence-electron chi connectivity index (χ4n) is 1.97. The molecule has 0 amide bonds. The largest absolute Gasteiger partial charge is 0.383 e. The molecule has 0 heterocycles.